The van der Waals surface area contributed by atoms with Gasteiger partial charge in [-0.2, -0.15) is 0 Å². The first-order valence-corrected chi connectivity index (χ1v) is 7.73. The molecule has 0 saturated carbocycles. The Balaban J connectivity index is 1.72. The Bertz CT molecular complexity index is 851. The third-order valence-corrected chi connectivity index (χ3v) is 3.69. The molecule has 25 heavy (non-hydrogen) atoms. The number of ether oxygens (including phenoxy) is 1. The van der Waals surface area contributed by atoms with Gasteiger partial charge in [-0.15, -0.1) is 0 Å². The highest BCUT2D eigenvalue weighted by Gasteiger charge is 2.11. The summed E-state index contributed by atoms with van der Waals surface area (Å²) in [6.45, 7) is 0. The largest absolute Gasteiger partial charge is 0.497 e. The van der Waals surface area contributed by atoms with Gasteiger partial charge < -0.3 is 15.0 Å². The summed E-state index contributed by atoms with van der Waals surface area (Å²) >= 11 is 0. The predicted molar refractivity (Wildman–Crippen MR) is 97.5 cm³/mol. The summed E-state index contributed by atoms with van der Waals surface area (Å²) in [5.74, 6) is 1.00. The quantitative estimate of drug-likeness (QED) is 0.773. The first kappa shape index (κ1) is 16.4. The van der Waals surface area contributed by atoms with Crippen LogP contribution >= 0.6 is 0 Å². The minimum Gasteiger partial charge on any atom is -0.497 e. The number of hydrogen-bond acceptors (Lipinski definition) is 5. The molecule has 1 N–H and O–H groups in total. The summed E-state index contributed by atoms with van der Waals surface area (Å²) in [4.78, 5) is 22.7. The lowest BCUT2D eigenvalue weighted by molar-refractivity contribution is 0.102. The van der Waals surface area contributed by atoms with Crippen LogP contribution in [-0.4, -0.2) is 30.0 Å². The van der Waals surface area contributed by atoms with Crippen LogP contribution in [0.15, 0.2) is 67.0 Å². The molecule has 6 heteroatoms. The molecule has 2 aromatic carbocycles. The van der Waals surface area contributed by atoms with Gasteiger partial charge in [0.2, 0.25) is 0 Å². The van der Waals surface area contributed by atoms with Gasteiger partial charge >= 0.3 is 0 Å². The van der Waals surface area contributed by atoms with E-state index in [1.54, 1.807) is 31.5 Å². The number of benzene rings is 2. The minimum atomic E-state index is -0.324. The van der Waals surface area contributed by atoms with Crippen molar-refractivity contribution in [3.05, 3.63) is 72.7 Å². The molecule has 1 amide bonds. The van der Waals surface area contributed by atoms with Crippen LogP contribution in [0.3, 0.4) is 0 Å². The zero-order valence-corrected chi connectivity index (χ0v) is 14.0. The Labute approximate surface area is 146 Å². The van der Waals surface area contributed by atoms with Crippen LogP contribution < -0.4 is 15.0 Å². The van der Waals surface area contributed by atoms with E-state index >= 15 is 0 Å². The number of methoxy groups -OCH3 is 1. The number of para-hydroxylation sites is 1. The Morgan fingerprint density at radius 2 is 1.84 bits per heavy atom. The standard InChI is InChI=1S/C19H18N4O2/c1-23(15-8-4-3-5-9-15)18-13-20-17(12-21-18)19(24)22-14-7-6-10-16(11-14)25-2/h3-13H,1-2H3,(H,22,24). The van der Waals surface area contributed by atoms with Crippen molar-refractivity contribution in [1.29, 1.82) is 0 Å². The normalized spacial score (nSPS) is 10.2. The van der Waals surface area contributed by atoms with Gasteiger partial charge in [0.25, 0.3) is 5.91 Å². The van der Waals surface area contributed by atoms with Crippen molar-refractivity contribution in [3.63, 3.8) is 0 Å². The van der Waals surface area contributed by atoms with Gasteiger partial charge in [-0.25, -0.2) is 9.97 Å². The van der Waals surface area contributed by atoms with Gasteiger partial charge in [-0.3, -0.25) is 4.79 Å². The van der Waals surface area contributed by atoms with E-state index in [2.05, 4.69) is 15.3 Å². The minimum absolute atomic E-state index is 0.244. The highest BCUT2D eigenvalue weighted by molar-refractivity contribution is 6.02. The number of anilines is 3. The fourth-order valence-corrected chi connectivity index (χ4v) is 2.29. The average molecular weight is 334 g/mol. The molecule has 0 saturated heterocycles. The highest BCUT2D eigenvalue weighted by atomic mass is 16.5. The molecular formula is C19H18N4O2. The predicted octanol–water partition coefficient (Wildman–Crippen LogP) is 3.51. The number of nitrogens with zero attached hydrogens (tertiary/aromatic N) is 3. The van der Waals surface area contributed by atoms with Crippen LogP contribution in [0.4, 0.5) is 17.2 Å². The molecule has 0 atom stereocenters. The van der Waals surface area contributed by atoms with Crippen LogP contribution in [0, 0.1) is 0 Å². The molecule has 1 aromatic heterocycles. The van der Waals surface area contributed by atoms with Gasteiger partial charge in [0.1, 0.15) is 11.4 Å². The smallest absolute Gasteiger partial charge is 0.275 e. The van der Waals surface area contributed by atoms with Gasteiger partial charge in [-0.05, 0) is 24.3 Å². The van der Waals surface area contributed by atoms with Crippen molar-refractivity contribution in [2.24, 2.45) is 0 Å². The van der Waals surface area contributed by atoms with E-state index in [9.17, 15) is 4.79 Å². The number of amides is 1. The Kier molecular flexibility index (Phi) is 4.89. The van der Waals surface area contributed by atoms with E-state index in [0.29, 0.717) is 17.3 Å². The maximum Gasteiger partial charge on any atom is 0.275 e. The number of aromatic nitrogens is 2. The lowest BCUT2D eigenvalue weighted by Crippen LogP contribution is -2.16. The molecule has 0 fully saturated rings. The molecule has 0 bridgehead atoms. The first-order chi connectivity index (χ1) is 12.2. The fraction of sp³-hybridized carbons (Fsp3) is 0.105. The monoisotopic (exact) mass is 334 g/mol. The average Bonchev–Trinajstić information content (AvgIpc) is 2.68. The van der Waals surface area contributed by atoms with Gasteiger partial charge in [0.15, 0.2) is 5.82 Å². The fourth-order valence-electron chi connectivity index (χ4n) is 2.29. The zero-order chi connectivity index (χ0) is 17.6. The SMILES string of the molecule is COc1cccc(NC(=O)c2cnc(N(C)c3ccccc3)cn2)c1. The van der Waals surface area contributed by atoms with Crippen LogP contribution in [0.25, 0.3) is 0 Å². The van der Waals surface area contributed by atoms with Crippen molar-refractivity contribution in [2.75, 3.05) is 24.4 Å². The second kappa shape index (κ2) is 7.44. The second-order valence-corrected chi connectivity index (χ2v) is 5.34. The van der Waals surface area contributed by atoms with Gasteiger partial charge in [-0.1, -0.05) is 24.3 Å². The lowest BCUT2D eigenvalue weighted by atomic mass is 10.3. The molecule has 0 spiro atoms. The topological polar surface area (TPSA) is 67.3 Å². The van der Waals surface area contributed by atoms with E-state index < -0.39 is 0 Å². The van der Waals surface area contributed by atoms with Crippen molar-refractivity contribution in [3.8, 4) is 5.75 Å². The third kappa shape index (κ3) is 3.92. The second-order valence-electron chi connectivity index (χ2n) is 5.34. The maximum atomic E-state index is 12.3. The summed E-state index contributed by atoms with van der Waals surface area (Å²) in [6.07, 6.45) is 3.04. The van der Waals surface area contributed by atoms with E-state index in [4.69, 9.17) is 4.74 Å². The van der Waals surface area contributed by atoms with E-state index in [-0.39, 0.29) is 11.6 Å². The number of hydrogen-bond donors (Lipinski definition) is 1. The lowest BCUT2D eigenvalue weighted by Gasteiger charge is -2.17. The molecule has 0 radical (unpaired) electrons. The number of nitrogens with one attached hydrogen (secondary N) is 1. The van der Waals surface area contributed by atoms with Crippen LogP contribution in [0.5, 0.6) is 5.75 Å². The number of carbonyl (C=O) groups excluding carboxylic acids is 1. The molecule has 6 nitrogen and oxygen atoms in total. The molecule has 3 aromatic rings. The van der Waals surface area contributed by atoms with Crippen molar-refractivity contribution < 1.29 is 9.53 Å². The Morgan fingerprint density at radius 3 is 2.52 bits per heavy atom. The third-order valence-electron chi connectivity index (χ3n) is 3.69. The maximum absolute atomic E-state index is 12.3. The Hall–Kier alpha value is -3.41. The van der Waals surface area contributed by atoms with Gasteiger partial charge in [0.05, 0.1) is 19.5 Å². The number of rotatable bonds is 5. The molecule has 0 aliphatic rings. The van der Waals surface area contributed by atoms with Crippen molar-refractivity contribution in [2.45, 2.75) is 0 Å². The zero-order valence-electron chi connectivity index (χ0n) is 14.0. The van der Waals surface area contributed by atoms with Crippen LogP contribution in [-0.2, 0) is 0 Å². The highest BCUT2D eigenvalue weighted by Crippen LogP contribution is 2.20. The van der Waals surface area contributed by atoms with E-state index in [0.717, 1.165) is 5.69 Å². The van der Waals surface area contributed by atoms with Crippen molar-refractivity contribution >= 4 is 23.1 Å². The molecule has 0 aliphatic heterocycles. The van der Waals surface area contributed by atoms with Crippen molar-refractivity contribution in [1.82, 2.24) is 9.97 Å². The summed E-state index contributed by atoms with van der Waals surface area (Å²) in [5.41, 5.74) is 1.87. The molecule has 1 heterocycles. The Morgan fingerprint density at radius 1 is 1.04 bits per heavy atom. The molecule has 0 aliphatic carbocycles. The molecule has 126 valence electrons. The van der Waals surface area contributed by atoms with Crippen LogP contribution in [0.2, 0.25) is 0 Å². The number of carbonyl (C=O) groups is 1. The molecular weight excluding hydrogens is 316 g/mol. The van der Waals surface area contributed by atoms with Crippen LogP contribution in [0.1, 0.15) is 10.5 Å². The summed E-state index contributed by atoms with van der Waals surface area (Å²) in [7, 11) is 3.48. The summed E-state index contributed by atoms with van der Waals surface area (Å²) < 4.78 is 5.14. The van der Waals surface area contributed by atoms with E-state index in [1.807, 2.05) is 48.3 Å². The molecule has 3 rings (SSSR count). The van der Waals surface area contributed by atoms with Gasteiger partial charge in [0, 0.05) is 24.5 Å². The molecule has 0 unspecified atom stereocenters. The van der Waals surface area contributed by atoms with E-state index in [1.165, 1.54) is 6.20 Å². The summed E-state index contributed by atoms with van der Waals surface area (Å²) in [6, 6.07) is 17.0. The summed E-state index contributed by atoms with van der Waals surface area (Å²) in [5, 5.41) is 2.78. The first-order valence-electron chi connectivity index (χ1n) is 7.73.